The van der Waals surface area contributed by atoms with Gasteiger partial charge in [0.05, 0.1) is 18.2 Å². The zero-order valence-corrected chi connectivity index (χ0v) is 23.1. The maximum atomic E-state index is 11.0. The number of hydrogen-bond acceptors (Lipinski definition) is 8. The zero-order chi connectivity index (χ0) is 27.0. The van der Waals surface area contributed by atoms with Gasteiger partial charge in [0.2, 0.25) is 16.0 Å². The summed E-state index contributed by atoms with van der Waals surface area (Å²) in [6.45, 7) is 2.84. The number of hydrogen-bond donors (Lipinski definition) is 4. The fourth-order valence-electron chi connectivity index (χ4n) is 4.96. The number of aliphatic hydroxyl groups is 1. The maximum absolute atomic E-state index is 11.0. The molecule has 3 aromatic rings. The molecular formula is C27H41N7O3S. The molecular weight excluding hydrogens is 502 g/mol. The molecule has 11 heteroatoms. The first kappa shape index (κ1) is 28.3. The van der Waals surface area contributed by atoms with Gasteiger partial charge in [0, 0.05) is 18.3 Å². The fraction of sp³-hybridized carbons (Fsp3) is 0.593. The number of aromatic nitrogens is 4. The Morgan fingerprint density at radius 1 is 1.00 bits per heavy atom. The summed E-state index contributed by atoms with van der Waals surface area (Å²) in [6, 6.07) is 8.68. The van der Waals surface area contributed by atoms with Crippen LogP contribution in [0.4, 0.5) is 17.5 Å². The van der Waals surface area contributed by atoms with Crippen molar-refractivity contribution in [1.82, 2.24) is 19.5 Å². The largest absolute Gasteiger partial charge is 0.393 e. The summed E-state index contributed by atoms with van der Waals surface area (Å²) >= 11 is 0. The second-order valence-electron chi connectivity index (χ2n) is 10.3. The first-order valence-corrected chi connectivity index (χ1v) is 15.6. The molecule has 0 spiro atoms. The van der Waals surface area contributed by atoms with E-state index in [0.717, 1.165) is 87.6 Å². The maximum Gasteiger partial charge on any atom is 0.227 e. The molecule has 0 atom stereocenters. The summed E-state index contributed by atoms with van der Waals surface area (Å²) < 4.78 is 24.0. The van der Waals surface area contributed by atoms with Gasteiger partial charge < -0.3 is 20.3 Å². The van der Waals surface area contributed by atoms with Gasteiger partial charge in [-0.2, -0.15) is 9.97 Å². The summed E-state index contributed by atoms with van der Waals surface area (Å²) in [6.07, 6.45) is 11.9. The highest BCUT2D eigenvalue weighted by atomic mass is 32.2. The van der Waals surface area contributed by atoms with Crippen LogP contribution in [0, 0.1) is 0 Å². The third-order valence-electron chi connectivity index (χ3n) is 7.20. The number of imidazole rings is 1. The van der Waals surface area contributed by atoms with Crippen LogP contribution in [0.2, 0.25) is 0 Å². The van der Waals surface area contributed by atoms with E-state index in [1.807, 2.05) is 4.57 Å². The summed E-state index contributed by atoms with van der Waals surface area (Å²) in [5, 5.41) is 21.8. The van der Waals surface area contributed by atoms with Crippen LogP contribution >= 0.6 is 0 Å². The van der Waals surface area contributed by atoms with Gasteiger partial charge in [-0.05, 0) is 69.6 Å². The van der Waals surface area contributed by atoms with E-state index in [9.17, 15) is 13.5 Å². The Kier molecular flexibility index (Phi) is 9.92. The molecule has 2 heterocycles. The van der Waals surface area contributed by atoms with Crippen LogP contribution in [0.5, 0.6) is 0 Å². The Morgan fingerprint density at radius 2 is 1.68 bits per heavy atom. The first-order valence-electron chi connectivity index (χ1n) is 13.8. The standard InChI is InChI=1S/C27H41N7O3S/c1-2-34-19-29-24-25(32-27(33-26(24)34)31-22-14-16-23(35)17-15-22)30-21-12-10-20(11-13-21)9-7-5-3-4-6-8-18-38(28,36)37/h10-13,19,22-23,35H,2-9,14-18H2,1H3,(H2,28,36,37)(H2,30,31,32,33). The van der Waals surface area contributed by atoms with Crippen molar-refractivity contribution in [1.29, 1.82) is 0 Å². The number of benzene rings is 1. The molecule has 0 radical (unpaired) electrons. The van der Waals surface area contributed by atoms with Crippen LogP contribution in [-0.2, 0) is 23.0 Å². The average molecular weight is 544 g/mol. The van der Waals surface area contributed by atoms with Gasteiger partial charge in [0.1, 0.15) is 0 Å². The number of unbranched alkanes of at least 4 members (excludes halogenated alkanes) is 5. The highest BCUT2D eigenvalue weighted by molar-refractivity contribution is 7.89. The van der Waals surface area contributed by atoms with Crippen molar-refractivity contribution in [3.05, 3.63) is 36.2 Å². The lowest BCUT2D eigenvalue weighted by atomic mass is 9.93. The summed E-state index contributed by atoms with van der Waals surface area (Å²) in [5.74, 6) is 1.34. The molecule has 1 saturated carbocycles. The predicted octanol–water partition coefficient (Wildman–Crippen LogP) is 4.48. The van der Waals surface area contributed by atoms with Crippen molar-refractivity contribution >= 4 is 38.6 Å². The van der Waals surface area contributed by atoms with Crippen LogP contribution < -0.4 is 15.8 Å². The van der Waals surface area contributed by atoms with Crippen molar-refractivity contribution in [2.24, 2.45) is 5.14 Å². The molecule has 1 fully saturated rings. The Hall–Kier alpha value is -2.76. The molecule has 1 aliphatic carbocycles. The van der Waals surface area contributed by atoms with Crippen LogP contribution in [0.25, 0.3) is 11.2 Å². The van der Waals surface area contributed by atoms with E-state index >= 15 is 0 Å². The average Bonchev–Trinajstić information content (AvgIpc) is 3.31. The van der Waals surface area contributed by atoms with Gasteiger partial charge in [-0.1, -0.05) is 37.8 Å². The van der Waals surface area contributed by atoms with Gasteiger partial charge in [-0.25, -0.2) is 18.5 Å². The van der Waals surface area contributed by atoms with Crippen LogP contribution in [0.1, 0.15) is 76.7 Å². The van der Waals surface area contributed by atoms with Crippen LogP contribution in [-0.4, -0.2) is 50.9 Å². The summed E-state index contributed by atoms with van der Waals surface area (Å²) in [7, 11) is -3.33. The van der Waals surface area contributed by atoms with Crippen molar-refractivity contribution < 1.29 is 13.5 Å². The SMILES string of the molecule is CCn1cnc2c(Nc3ccc(CCCCCCCCS(N)(=O)=O)cc3)nc(NC3CCC(O)CC3)nc21. The summed E-state index contributed by atoms with van der Waals surface area (Å²) in [4.78, 5) is 14.1. The minimum atomic E-state index is -3.33. The third-order valence-corrected chi connectivity index (χ3v) is 8.05. The third kappa shape index (κ3) is 8.37. The smallest absolute Gasteiger partial charge is 0.227 e. The number of aryl methyl sites for hydroxylation is 2. The van der Waals surface area contributed by atoms with Crippen LogP contribution in [0.3, 0.4) is 0 Å². The van der Waals surface area contributed by atoms with Gasteiger partial charge in [0.25, 0.3) is 0 Å². The second-order valence-corrected chi connectivity index (χ2v) is 12.0. The molecule has 208 valence electrons. The zero-order valence-electron chi connectivity index (χ0n) is 22.3. The minimum Gasteiger partial charge on any atom is -0.393 e. The Balaban J connectivity index is 1.32. The van der Waals surface area contributed by atoms with Crippen molar-refractivity contribution in [2.75, 3.05) is 16.4 Å². The quantitative estimate of drug-likeness (QED) is 0.218. The van der Waals surface area contributed by atoms with E-state index in [1.54, 1.807) is 6.33 Å². The number of anilines is 3. The molecule has 1 aliphatic rings. The van der Waals surface area contributed by atoms with E-state index in [1.165, 1.54) is 5.56 Å². The Bertz CT molecular complexity index is 1270. The number of aliphatic hydroxyl groups excluding tert-OH is 1. The lowest BCUT2D eigenvalue weighted by Crippen LogP contribution is -2.29. The van der Waals surface area contributed by atoms with Crippen molar-refractivity contribution in [3.63, 3.8) is 0 Å². The van der Waals surface area contributed by atoms with E-state index in [-0.39, 0.29) is 17.9 Å². The lowest BCUT2D eigenvalue weighted by molar-refractivity contribution is 0.126. The number of nitrogens with two attached hydrogens (primary N) is 1. The van der Waals surface area contributed by atoms with Crippen LogP contribution in [0.15, 0.2) is 30.6 Å². The lowest BCUT2D eigenvalue weighted by Gasteiger charge is -2.26. The minimum absolute atomic E-state index is 0.0811. The molecule has 0 aliphatic heterocycles. The van der Waals surface area contributed by atoms with E-state index < -0.39 is 10.0 Å². The first-order chi connectivity index (χ1) is 18.3. The highest BCUT2D eigenvalue weighted by Crippen LogP contribution is 2.27. The molecule has 0 amide bonds. The van der Waals surface area contributed by atoms with Gasteiger partial charge in [-0.15, -0.1) is 0 Å². The predicted molar refractivity (Wildman–Crippen MR) is 152 cm³/mol. The molecule has 0 saturated heterocycles. The summed E-state index contributed by atoms with van der Waals surface area (Å²) in [5.41, 5.74) is 3.77. The van der Waals surface area contributed by atoms with Gasteiger partial charge in [0.15, 0.2) is 17.0 Å². The van der Waals surface area contributed by atoms with E-state index in [0.29, 0.717) is 18.2 Å². The van der Waals surface area contributed by atoms with Gasteiger partial charge >= 0.3 is 0 Å². The van der Waals surface area contributed by atoms with E-state index in [4.69, 9.17) is 15.1 Å². The molecule has 1 aromatic carbocycles. The topological polar surface area (TPSA) is 148 Å². The van der Waals surface area contributed by atoms with Crippen molar-refractivity contribution in [2.45, 2.75) is 96.2 Å². The number of fused-ring (bicyclic) bond motifs is 1. The normalized spacial score (nSPS) is 18.1. The Morgan fingerprint density at radius 3 is 2.37 bits per heavy atom. The van der Waals surface area contributed by atoms with Gasteiger partial charge in [-0.3, -0.25) is 0 Å². The number of nitrogens with one attached hydrogen (secondary N) is 2. The fourth-order valence-corrected chi connectivity index (χ4v) is 5.57. The highest BCUT2D eigenvalue weighted by Gasteiger charge is 2.21. The molecule has 0 unspecified atom stereocenters. The van der Waals surface area contributed by atoms with E-state index in [2.05, 4.69) is 46.8 Å². The molecule has 4 rings (SSSR count). The second kappa shape index (κ2) is 13.3. The molecule has 10 nitrogen and oxygen atoms in total. The molecule has 38 heavy (non-hydrogen) atoms. The molecule has 5 N–H and O–H groups in total. The Labute approximate surface area is 225 Å². The molecule has 0 bridgehead atoms. The number of sulfonamides is 1. The number of primary sulfonamides is 1. The number of rotatable bonds is 14. The number of nitrogens with zero attached hydrogens (tertiary/aromatic N) is 4. The van der Waals surface area contributed by atoms with Crippen molar-refractivity contribution in [3.8, 4) is 0 Å². The monoisotopic (exact) mass is 543 g/mol. The molecule has 2 aromatic heterocycles.